The molecule has 0 aliphatic carbocycles. The van der Waals surface area contributed by atoms with Crippen molar-refractivity contribution in [1.29, 1.82) is 0 Å². The molecule has 2 N–H and O–H groups in total. The summed E-state index contributed by atoms with van der Waals surface area (Å²) in [5, 5.41) is 10.2. The van der Waals surface area contributed by atoms with Gasteiger partial charge in [-0.05, 0) is 23.8 Å². The maximum atomic E-state index is 15.1. The van der Waals surface area contributed by atoms with Gasteiger partial charge in [-0.25, -0.2) is 18.9 Å². The van der Waals surface area contributed by atoms with Gasteiger partial charge in [-0.2, -0.15) is 0 Å². The molecule has 0 unspecified atom stereocenters. The van der Waals surface area contributed by atoms with E-state index in [4.69, 9.17) is 15.2 Å². The minimum Gasteiger partial charge on any atom is -0.458 e. The zero-order valence-electron chi connectivity index (χ0n) is 18.9. The van der Waals surface area contributed by atoms with Crippen molar-refractivity contribution in [3.8, 4) is 21.7 Å². The number of amides is 1. The Morgan fingerprint density at radius 3 is 2.75 bits per heavy atom. The van der Waals surface area contributed by atoms with Crippen LogP contribution in [0.1, 0.15) is 5.69 Å². The van der Waals surface area contributed by atoms with E-state index in [0.717, 1.165) is 10.6 Å². The Hall–Kier alpha value is -4.16. The number of ether oxygens (including phenoxy) is 2. The van der Waals surface area contributed by atoms with Gasteiger partial charge >= 0.3 is 12.1 Å². The van der Waals surface area contributed by atoms with Crippen molar-refractivity contribution in [1.82, 2.24) is 20.0 Å². The molecule has 4 aromatic rings. The molecule has 0 saturated carbocycles. The van der Waals surface area contributed by atoms with E-state index in [2.05, 4.69) is 15.3 Å². The number of aromatic nitrogens is 4. The largest absolute Gasteiger partial charge is 0.458 e. The van der Waals surface area contributed by atoms with E-state index in [1.165, 1.54) is 22.3 Å². The Kier molecular flexibility index (Phi) is 6.69. The summed E-state index contributed by atoms with van der Waals surface area (Å²) >= 11 is 1.42. The Morgan fingerprint density at radius 2 is 2.03 bits per heavy atom. The van der Waals surface area contributed by atoms with Crippen molar-refractivity contribution >= 4 is 29.1 Å². The van der Waals surface area contributed by atoms with Crippen molar-refractivity contribution in [2.24, 2.45) is 5.73 Å². The van der Waals surface area contributed by atoms with Gasteiger partial charge in [0.05, 0.1) is 37.2 Å². The van der Waals surface area contributed by atoms with Crippen LogP contribution in [0.2, 0.25) is 0 Å². The molecule has 1 atom stereocenters. The summed E-state index contributed by atoms with van der Waals surface area (Å²) in [5.41, 5.74) is 8.23. The molecule has 0 radical (unpaired) electrons. The van der Waals surface area contributed by atoms with E-state index in [-0.39, 0.29) is 19.7 Å². The number of carbonyl (C=O) groups is 2. The Labute approximate surface area is 209 Å². The van der Waals surface area contributed by atoms with Crippen molar-refractivity contribution < 1.29 is 23.5 Å². The summed E-state index contributed by atoms with van der Waals surface area (Å²) < 4.78 is 27.0. The molecule has 0 spiro atoms. The smallest absolute Gasteiger partial charge is 0.414 e. The van der Waals surface area contributed by atoms with Gasteiger partial charge in [0, 0.05) is 22.7 Å². The molecule has 1 aliphatic heterocycles. The first-order valence-electron chi connectivity index (χ1n) is 11.0. The van der Waals surface area contributed by atoms with E-state index in [0.29, 0.717) is 29.1 Å². The van der Waals surface area contributed by atoms with Crippen LogP contribution in [-0.2, 0) is 27.4 Å². The highest BCUT2D eigenvalue weighted by Crippen LogP contribution is 2.31. The molecule has 2 aromatic heterocycles. The van der Waals surface area contributed by atoms with E-state index in [9.17, 15) is 9.59 Å². The SMILES string of the molecule is NCC(=O)OCc1csc(-c2ccc(-c3ccc(N4C[C@H](Cn5ccnn5)OC4=O)cc3F)cc2)n1. The van der Waals surface area contributed by atoms with Crippen LogP contribution in [0.4, 0.5) is 14.9 Å². The lowest BCUT2D eigenvalue weighted by molar-refractivity contribution is -0.143. The molecule has 10 nitrogen and oxygen atoms in total. The topological polar surface area (TPSA) is 125 Å². The van der Waals surface area contributed by atoms with Gasteiger partial charge < -0.3 is 15.2 Å². The predicted molar refractivity (Wildman–Crippen MR) is 129 cm³/mol. The van der Waals surface area contributed by atoms with Crippen LogP contribution in [0.15, 0.2) is 60.2 Å². The average Bonchev–Trinajstić information content (AvgIpc) is 3.65. The highest BCUT2D eigenvalue weighted by molar-refractivity contribution is 7.13. The molecule has 36 heavy (non-hydrogen) atoms. The molecular weight excluding hydrogens is 487 g/mol. The number of carbonyl (C=O) groups excluding carboxylic acids is 2. The Bertz CT molecular complexity index is 1380. The summed E-state index contributed by atoms with van der Waals surface area (Å²) in [5.74, 6) is -0.943. The summed E-state index contributed by atoms with van der Waals surface area (Å²) in [4.78, 5) is 29.4. The first-order chi connectivity index (χ1) is 17.5. The molecule has 1 fully saturated rings. The molecule has 2 aromatic carbocycles. The van der Waals surface area contributed by atoms with Crippen molar-refractivity contribution in [3.05, 3.63) is 71.7 Å². The number of nitrogens with zero attached hydrogens (tertiary/aromatic N) is 5. The minimum atomic E-state index is -0.530. The summed E-state index contributed by atoms with van der Waals surface area (Å²) in [6.07, 6.45) is 2.29. The molecule has 3 heterocycles. The standard InChI is InChI=1S/C24H21FN6O4S/c25-21-9-18(31-12-19(35-24(31)33)11-30-8-7-27-29-30)5-6-20(21)15-1-3-16(4-2-15)23-28-17(14-36-23)13-34-22(32)10-26/h1-9,14,19H,10-13,26H2/t19-/m0/s1. The third-order valence-corrected chi connectivity index (χ3v) is 6.48. The predicted octanol–water partition coefficient (Wildman–Crippen LogP) is 3.24. The zero-order chi connectivity index (χ0) is 25.1. The fraction of sp³-hybridized carbons (Fsp3) is 0.208. The van der Waals surface area contributed by atoms with Crippen LogP contribution in [0.5, 0.6) is 0 Å². The molecule has 184 valence electrons. The number of hydrogen-bond acceptors (Lipinski definition) is 9. The number of cyclic esters (lactones) is 1. The second-order valence-corrected chi connectivity index (χ2v) is 8.85. The average molecular weight is 509 g/mol. The van der Waals surface area contributed by atoms with Crippen LogP contribution in [-0.4, -0.2) is 51.2 Å². The minimum absolute atomic E-state index is 0.0634. The number of esters is 1. The lowest BCUT2D eigenvalue weighted by Gasteiger charge is -2.14. The fourth-order valence-electron chi connectivity index (χ4n) is 3.78. The molecule has 5 rings (SSSR count). The Balaban J connectivity index is 1.26. The van der Waals surface area contributed by atoms with Crippen molar-refractivity contribution in [2.45, 2.75) is 19.3 Å². The molecule has 0 bridgehead atoms. The van der Waals surface area contributed by atoms with Gasteiger partial charge in [0.1, 0.15) is 23.5 Å². The number of hydrogen-bond donors (Lipinski definition) is 1. The third-order valence-electron chi connectivity index (χ3n) is 5.54. The summed E-state index contributed by atoms with van der Waals surface area (Å²) in [7, 11) is 0. The molecule has 1 saturated heterocycles. The second-order valence-electron chi connectivity index (χ2n) is 7.99. The molecule has 1 aliphatic rings. The molecular formula is C24H21FN6O4S. The van der Waals surface area contributed by atoms with Gasteiger partial charge in [0.25, 0.3) is 0 Å². The highest BCUT2D eigenvalue weighted by Gasteiger charge is 2.33. The van der Waals surface area contributed by atoms with E-state index < -0.39 is 24.0 Å². The molecule has 1 amide bonds. The Morgan fingerprint density at radius 1 is 1.22 bits per heavy atom. The lowest BCUT2D eigenvalue weighted by Crippen LogP contribution is -2.26. The van der Waals surface area contributed by atoms with E-state index >= 15 is 4.39 Å². The number of nitrogens with two attached hydrogens (primary N) is 1. The number of benzene rings is 2. The zero-order valence-corrected chi connectivity index (χ0v) is 19.7. The van der Waals surface area contributed by atoms with E-state index in [1.54, 1.807) is 41.3 Å². The first kappa shape index (κ1) is 23.6. The van der Waals surface area contributed by atoms with Crippen LogP contribution in [0.25, 0.3) is 21.7 Å². The monoisotopic (exact) mass is 508 g/mol. The van der Waals surface area contributed by atoms with Gasteiger partial charge in [0.15, 0.2) is 0 Å². The lowest BCUT2D eigenvalue weighted by atomic mass is 10.0. The van der Waals surface area contributed by atoms with Crippen molar-refractivity contribution in [3.63, 3.8) is 0 Å². The number of thiazole rings is 1. The van der Waals surface area contributed by atoms with Crippen LogP contribution in [0.3, 0.4) is 0 Å². The van der Waals surface area contributed by atoms with Crippen molar-refractivity contribution in [2.75, 3.05) is 18.0 Å². The first-order valence-corrected chi connectivity index (χ1v) is 11.9. The number of anilines is 1. The van der Waals surface area contributed by atoms with Gasteiger partial charge in [-0.1, -0.05) is 29.5 Å². The van der Waals surface area contributed by atoms with Gasteiger partial charge in [0.2, 0.25) is 0 Å². The van der Waals surface area contributed by atoms with Crippen LogP contribution >= 0.6 is 11.3 Å². The summed E-state index contributed by atoms with van der Waals surface area (Å²) in [6.45, 7) is 0.540. The fourth-order valence-corrected chi connectivity index (χ4v) is 4.59. The van der Waals surface area contributed by atoms with Gasteiger partial charge in [-0.15, -0.1) is 16.4 Å². The maximum Gasteiger partial charge on any atom is 0.414 e. The van der Waals surface area contributed by atoms with E-state index in [1.807, 2.05) is 17.5 Å². The normalized spacial score (nSPS) is 15.2. The highest BCUT2D eigenvalue weighted by atomic mass is 32.1. The third kappa shape index (κ3) is 5.09. The molecule has 12 heteroatoms. The quantitative estimate of drug-likeness (QED) is 0.360. The second kappa shape index (κ2) is 10.2. The summed E-state index contributed by atoms with van der Waals surface area (Å²) in [6, 6.07) is 12.0. The number of halogens is 1. The maximum absolute atomic E-state index is 15.1. The number of rotatable bonds is 8. The van der Waals surface area contributed by atoms with Crippen LogP contribution < -0.4 is 10.6 Å². The van der Waals surface area contributed by atoms with Crippen LogP contribution in [0, 0.1) is 5.82 Å². The van der Waals surface area contributed by atoms with Gasteiger partial charge in [-0.3, -0.25) is 9.69 Å².